The molecule has 0 atom stereocenters. The number of carbonyl (C=O) groups is 1. The first kappa shape index (κ1) is 15.5. The molecule has 0 bridgehead atoms. The van der Waals surface area contributed by atoms with Gasteiger partial charge >= 0.3 is 5.97 Å². The number of ether oxygens (including phenoxy) is 1. The summed E-state index contributed by atoms with van der Waals surface area (Å²) in [4.78, 5) is 14.1. The molecule has 0 aliphatic rings. The number of esters is 1. The topological polar surface area (TPSA) is 29.5 Å². The predicted molar refractivity (Wildman–Crippen MR) is 86.1 cm³/mol. The van der Waals surface area contributed by atoms with Gasteiger partial charge in [-0.05, 0) is 44.2 Å². The van der Waals surface area contributed by atoms with E-state index in [1.807, 2.05) is 44.9 Å². The smallest absolute Gasteiger partial charge is 0.325 e. The Bertz CT molecular complexity index is 629. The molecule has 0 N–H and O–H groups in total. The molecule has 0 fully saturated rings. The number of rotatable bonds is 5. The summed E-state index contributed by atoms with van der Waals surface area (Å²) in [6.45, 7) is 6.74. The number of likely N-dealkylation sites (N-methyl/N-ethyl adjacent to an activating group) is 1. The largest absolute Gasteiger partial charge is 0.465 e. The van der Waals surface area contributed by atoms with Crippen molar-refractivity contribution in [3.8, 4) is 0 Å². The highest BCUT2D eigenvalue weighted by Gasteiger charge is 2.33. The Morgan fingerprint density at radius 3 is 2.52 bits per heavy atom. The molecule has 21 heavy (non-hydrogen) atoms. The molecular weight excluding hydrogens is 262 g/mol. The fourth-order valence-corrected chi connectivity index (χ4v) is 2.35. The minimum absolute atomic E-state index is 0.187. The Morgan fingerprint density at radius 1 is 1.14 bits per heavy atom. The lowest BCUT2D eigenvalue weighted by atomic mass is 10.00. The van der Waals surface area contributed by atoms with E-state index in [-0.39, 0.29) is 5.97 Å². The van der Waals surface area contributed by atoms with Crippen LogP contribution in [0.5, 0.6) is 0 Å². The number of fused-ring (bicyclic) bond motifs is 1. The molecule has 3 nitrogen and oxygen atoms in total. The van der Waals surface area contributed by atoms with Gasteiger partial charge in [0.25, 0.3) is 0 Å². The van der Waals surface area contributed by atoms with Crippen molar-refractivity contribution in [2.45, 2.75) is 32.9 Å². The minimum Gasteiger partial charge on any atom is -0.465 e. The summed E-state index contributed by atoms with van der Waals surface area (Å²) in [5.74, 6) is -0.187. The van der Waals surface area contributed by atoms with E-state index >= 15 is 0 Å². The lowest BCUT2D eigenvalue weighted by Gasteiger charge is -2.33. The van der Waals surface area contributed by atoms with Crippen molar-refractivity contribution < 1.29 is 9.53 Å². The lowest BCUT2D eigenvalue weighted by Crippen LogP contribution is -2.48. The summed E-state index contributed by atoms with van der Waals surface area (Å²) in [7, 11) is 1.96. The molecule has 0 aliphatic carbocycles. The molecule has 0 heterocycles. The van der Waals surface area contributed by atoms with Crippen molar-refractivity contribution in [1.29, 1.82) is 0 Å². The summed E-state index contributed by atoms with van der Waals surface area (Å²) < 4.78 is 5.17. The van der Waals surface area contributed by atoms with E-state index in [4.69, 9.17) is 4.74 Å². The Hall–Kier alpha value is -1.87. The van der Waals surface area contributed by atoms with E-state index in [1.165, 1.54) is 16.3 Å². The van der Waals surface area contributed by atoms with Crippen LogP contribution < -0.4 is 0 Å². The highest BCUT2D eigenvalue weighted by molar-refractivity contribution is 5.85. The van der Waals surface area contributed by atoms with Gasteiger partial charge in [-0.3, -0.25) is 9.69 Å². The molecule has 0 saturated carbocycles. The molecule has 0 saturated heterocycles. The summed E-state index contributed by atoms with van der Waals surface area (Å²) in [6, 6.07) is 14.6. The van der Waals surface area contributed by atoms with E-state index in [1.54, 1.807) is 0 Å². The van der Waals surface area contributed by atoms with Crippen LogP contribution in [0, 0.1) is 0 Å². The van der Waals surface area contributed by atoms with Crippen LogP contribution in [0.3, 0.4) is 0 Å². The SMILES string of the molecule is CCOC(=O)C(C)(C)N(C)Cc1cccc2ccccc12. The molecule has 0 aliphatic heterocycles. The van der Waals surface area contributed by atoms with E-state index in [9.17, 15) is 4.79 Å². The molecule has 112 valence electrons. The van der Waals surface area contributed by atoms with Gasteiger partial charge in [-0.25, -0.2) is 0 Å². The van der Waals surface area contributed by atoms with Crippen molar-refractivity contribution in [2.75, 3.05) is 13.7 Å². The molecule has 0 unspecified atom stereocenters. The van der Waals surface area contributed by atoms with Crippen LogP contribution in [0.4, 0.5) is 0 Å². The van der Waals surface area contributed by atoms with Gasteiger partial charge in [-0.15, -0.1) is 0 Å². The van der Waals surface area contributed by atoms with Gasteiger partial charge in [0.1, 0.15) is 5.54 Å². The Labute approximate surface area is 126 Å². The maximum absolute atomic E-state index is 12.1. The highest BCUT2D eigenvalue weighted by Crippen LogP contribution is 2.23. The zero-order valence-electron chi connectivity index (χ0n) is 13.2. The van der Waals surface area contributed by atoms with Gasteiger partial charge in [0.2, 0.25) is 0 Å². The van der Waals surface area contributed by atoms with Gasteiger partial charge in [0.05, 0.1) is 6.61 Å². The second kappa shape index (κ2) is 6.27. The summed E-state index contributed by atoms with van der Waals surface area (Å²) >= 11 is 0. The standard InChI is InChI=1S/C18H23NO2/c1-5-21-17(20)18(2,3)19(4)13-15-11-8-10-14-9-6-7-12-16(14)15/h6-12H,5,13H2,1-4H3. The molecule has 2 aromatic rings. The quantitative estimate of drug-likeness (QED) is 0.786. The molecular formula is C18H23NO2. The van der Waals surface area contributed by atoms with Crippen molar-refractivity contribution in [1.82, 2.24) is 4.90 Å². The Morgan fingerprint density at radius 2 is 1.81 bits per heavy atom. The predicted octanol–water partition coefficient (Wildman–Crippen LogP) is 3.61. The average Bonchev–Trinajstić information content (AvgIpc) is 2.47. The number of benzene rings is 2. The molecule has 0 radical (unpaired) electrons. The van der Waals surface area contributed by atoms with Gasteiger partial charge in [0.15, 0.2) is 0 Å². The molecule has 0 spiro atoms. The first-order valence-electron chi connectivity index (χ1n) is 7.32. The van der Waals surface area contributed by atoms with Gasteiger partial charge in [-0.1, -0.05) is 42.5 Å². The third-order valence-electron chi connectivity index (χ3n) is 4.02. The fraction of sp³-hybridized carbons (Fsp3) is 0.389. The van der Waals surface area contributed by atoms with E-state index < -0.39 is 5.54 Å². The van der Waals surface area contributed by atoms with Crippen LogP contribution in [0.2, 0.25) is 0 Å². The van der Waals surface area contributed by atoms with Gasteiger partial charge in [0, 0.05) is 6.54 Å². The molecule has 2 aromatic carbocycles. The van der Waals surface area contributed by atoms with Crippen molar-refractivity contribution in [3.63, 3.8) is 0 Å². The Balaban J connectivity index is 2.25. The first-order chi connectivity index (χ1) is 9.96. The maximum Gasteiger partial charge on any atom is 0.325 e. The number of carbonyl (C=O) groups excluding carboxylic acids is 1. The zero-order chi connectivity index (χ0) is 15.5. The van der Waals surface area contributed by atoms with Crippen molar-refractivity contribution in [3.05, 3.63) is 48.0 Å². The normalized spacial score (nSPS) is 11.9. The van der Waals surface area contributed by atoms with Crippen LogP contribution in [0.15, 0.2) is 42.5 Å². The summed E-state index contributed by atoms with van der Waals surface area (Å²) in [6.07, 6.45) is 0. The third kappa shape index (κ3) is 3.24. The second-order valence-electron chi connectivity index (χ2n) is 5.77. The molecule has 2 rings (SSSR count). The Kier molecular flexibility index (Phi) is 4.63. The summed E-state index contributed by atoms with van der Waals surface area (Å²) in [5.41, 5.74) is 0.570. The van der Waals surface area contributed by atoms with Crippen LogP contribution in [0.25, 0.3) is 10.8 Å². The van der Waals surface area contributed by atoms with Crippen LogP contribution in [0.1, 0.15) is 26.3 Å². The van der Waals surface area contributed by atoms with Crippen molar-refractivity contribution in [2.24, 2.45) is 0 Å². The van der Waals surface area contributed by atoms with Crippen LogP contribution in [-0.2, 0) is 16.1 Å². The second-order valence-corrected chi connectivity index (χ2v) is 5.77. The van der Waals surface area contributed by atoms with E-state index in [0.29, 0.717) is 13.2 Å². The number of hydrogen-bond acceptors (Lipinski definition) is 3. The lowest BCUT2D eigenvalue weighted by molar-refractivity contribution is -0.155. The van der Waals surface area contributed by atoms with Crippen LogP contribution >= 0.6 is 0 Å². The van der Waals surface area contributed by atoms with Crippen LogP contribution in [-0.4, -0.2) is 30.1 Å². The monoisotopic (exact) mass is 285 g/mol. The van der Waals surface area contributed by atoms with Gasteiger partial charge < -0.3 is 4.74 Å². The fourth-order valence-electron chi connectivity index (χ4n) is 2.35. The van der Waals surface area contributed by atoms with Gasteiger partial charge in [-0.2, -0.15) is 0 Å². The number of hydrogen-bond donors (Lipinski definition) is 0. The molecule has 0 aromatic heterocycles. The number of nitrogens with zero attached hydrogens (tertiary/aromatic N) is 1. The average molecular weight is 285 g/mol. The highest BCUT2D eigenvalue weighted by atomic mass is 16.5. The molecule has 3 heteroatoms. The summed E-state index contributed by atoms with van der Waals surface area (Å²) in [5, 5.41) is 2.45. The maximum atomic E-state index is 12.1. The minimum atomic E-state index is -0.646. The zero-order valence-corrected chi connectivity index (χ0v) is 13.2. The van der Waals surface area contributed by atoms with E-state index in [0.717, 1.165) is 0 Å². The molecule has 0 amide bonds. The third-order valence-corrected chi connectivity index (χ3v) is 4.02. The first-order valence-corrected chi connectivity index (χ1v) is 7.32. The van der Waals surface area contributed by atoms with E-state index in [2.05, 4.69) is 30.3 Å². The van der Waals surface area contributed by atoms with Crippen molar-refractivity contribution >= 4 is 16.7 Å².